The van der Waals surface area contributed by atoms with Gasteiger partial charge in [0.1, 0.15) is 0 Å². The van der Waals surface area contributed by atoms with Crippen LogP contribution in [0.15, 0.2) is 12.2 Å². The Bertz CT molecular complexity index is 246. The summed E-state index contributed by atoms with van der Waals surface area (Å²) in [6.07, 6.45) is 2.88. The van der Waals surface area contributed by atoms with Gasteiger partial charge in [-0.25, -0.2) is 0 Å². The highest BCUT2D eigenvalue weighted by atomic mass is 16.2. The van der Waals surface area contributed by atoms with Crippen molar-refractivity contribution in [3.63, 3.8) is 0 Å². The van der Waals surface area contributed by atoms with E-state index in [9.17, 15) is 4.79 Å². The fourth-order valence-electron chi connectivity index (χ4n) is 1.72. The van der Waals surface area contributed by atoms with Crippen molar-refractivity contribution in [1.29, 1.82) is 0 Å². The lowest BCUT2D eigenvalue weighted by Gasteiger charge is -2.22. The molecule has 86 valence electrons. The second-order valence-electron chi connectivity index (χ2n) is 4.57. The Morgan fingerprint density at radius 2 is 2.20 bits per heavy atom. The van der Waals surface area contributed by atoms with Gasteiger partial charge < -0.3 is 10.6 Å². The van der Waals surface area contributed by atoms with Gasteiger partial charge in [0.2, 0.25) is 5.91 Å². The lowest BCUT2D eigenvalue weighted by molar-refractivity contribution is -0.131. The van der Waals surface area contributed by atoms with Crippen molar-refractivity contribution >= 4 is 5.91 Å². The number of carbonyl (C=O) groups excluding carboxylic acids is 1. The predicted molar refractivity (Wildman–Crippen MR) is 62.4 cm³/mol. The Balaban J connectivity index is 2.37. The maximum absolute atomic E-state index is 11.9. The molecule has 0 aromatic carbocycles. The highest BCUT2D eigenvalue weighted by molar-refractivity contribution is 5.77. The number of rotatable bonds is 6. The summed E-state index contributed by atoms with van der Waals surface area (Å²) in [5.41, 5.74) is 6.95. The summed E-state index contributed by atoms with van der Waals surface area (Å²) in [6.45, 7) is 9.16. The van der Waals surface area contributed by atoms with Crippen LogP contribution >= 0.6 is 0 Å². The fourth-order valence-corrected chi connectivity index (χ4v) is 1.72. The molecule has 1 amide bonds. The summed E-state index contributed by atoms with van der Waals surface area (Å²) in [6, 6.07) is 0.0664. The lowest BCUT2D eigenvalue weighted by Crippen LogP contribution is -2.37. The van der Waals surface area contributed by atoms with E-state index in [1.807, 2.05) is 18.7 Å². The van der Waals surface area contributed by atoms with Crippen molar-refractivity contribution in [2.75, 3.05) is 13.1 Å². The molecule has 2 N–H and O–H groups in total. The van der Waals surface area contributed by atoms with Crippen LogP contribution in [-0.2, 0) is 4.79 Å². The van der Waals surface area contributed by atoms with E-state index in [-0.39, 0.29) is 11.9 Å². The van der Waals surface area contributed by atoms with Crippen LogP contribution in [0, 0.1) is 5.92 Å². The van der Waals surface area contributed by atoms with E-state index in [0.717, 1.165) is 12.1 Å². The minimum absolute atomic E-state index is 0.0664. The molecule has 1 saturated carbocycles. The van der Waals surface area contributed by atoms with Gasteiger partial charge in [0.05, 0.1) is 0 Å². The average molecular weight is 210 g/mol. The molecule has 0 heterocycles. The van der Waals surface area contributed by atoms with E-state index in [0.29, 0.717) is 18.9 Å². The molecule has 1 unspecified atom stereocenters. The van der Waals surface area contributed by atoms with Gasteiger partial charge in [0, 0.05) is 25.6 Å². The molecule has 1 atom stereocenters. The quantitative estimate of drug-likeness (QED) is 0.676. The zero-order valence-corrected chi connectivity index (χ0v) is 9.83. The minimum atomic E-state index is 0.0664. The number of hydrogen-bond donors (Lipinski definition) is 1. The van der Waals surface area contributed by atoms with E-state index in [4.69, 9.17) is 5.73 Å². The molecule has 3 heteroatoms. The Hall–Kier alpha value is -0.830. The van der Waals surface area contributed by atoms with Crippen LogP contribution in [0.25, 0.3) is 0 Å². The first-order chi connectivity index (χ1) is 7.04. The third-order valence-electron chi connectivity index (χ3n) is 2.83. The van der Waals surface area contributed by atoms with E-state index >= 15 is 0 Å². The molecule has 3 nitrogen and oxygen atoms in total. The molecule has 0 spiro atoms. The molecular formula is C12H22N2O. The van der Waals surface area contributed by atoms with Gasteiger partial charge in [0.15, 0.2) is 0 Å². The molecule has 0 radical (unpaired) electrons. The van der Waals surface area contributed by atoms with Crippen molar-refractivity contribution in [3.05, 3.63) is 12.2 Å². The van der Waals surface area contributed by atoms with E-state index in [2.05, 4.69) is 6.58 Å². The van der Waals surface area contributed by atoms with Gasteiger partial charge in [-0.1, -0.05) is 12.2 Å². The standard InChI is InChI=1S/C12H22N2O/c1-4-14(8-9(2)3)12(15)7-11(13)10-5-6-10/h10-11H,2,4-8,13H2,1,3H3. The Labute approximate surface area is 92.3 Å². The first-order valence-electron chi connectivity index (χ1n) is 5.72. The number of nitrogens with two attached hydrogens (primary N) is 1. The highest BCUT2D eigenvalue weighted by Crippen LogP contribution is 2.32. The van der Waals surface area contributed by atoms with Gasteiger partial charge >= 0.3 is 0 Å². The minimum Gasteiger partial charge on any atom is -0.339 e. The van der Waals surface area contributed by atoms with Crippen molar-refractivity contribution in [2.45, 2.75) is 39.2 Å². The number of amides is 1. The molecule has 15 heavy (non-hydrogen) atoms. The van der Waals surface area contributed by atoms with Crippen LogP contribution in [0.2, 0.25) is 0 Å². The van der Waals surface area contributed by atoms with Gasteiger partial charge in [-0.2, -0.15) is 0 Å². The number of nitrogens with zero attached hydrogens (tertiary/aromatic N) is 1. The Morgan fingerprint density at radius 3 is 2.60 bits per heavy atom. The van der Waals surface area contributed by atoms with Crippen molar-refractivity contribution in [3.8, 4) is 0 Å². The largest absolute Gasteiger partial charge is 0.339 e. The lowest BCUT2D eigenvalue weighted by atomic mass is 10.1. The maximum Gasteiger partial charge on any atom is 0.224 e. The Morgan fingerprint density at radius 1 is 1.60 bits per heavy atom. The number of carbonyl (C=O) groups is 1. The summed E-state index contributed by atoms with van der Waals surface area (Å²) in [5, 5.41) is 0. The highest BCUT2D eigenvalue weighted by Gasteiger charge is 2.30. The summed E-state index contributed by atoms with van der Waals surface area (Å²) in [4.78, 5) is 13.7. The SMILES string of the molecule is C=C(C)CN(CC)C(=O)CC(N)C1CC1. The third kappa shape index (κ3) is 4.04. The molecule has 1 aliphatic carbocycles. The molecular weight excluding hydrogens is 188 g/mol. The van der Waals surface area contributed by atoms with Gasteiger partial charge in [0.25, 0.3) is 0 Å². The van der Waals surface area contributed by atoms with Crippen LogP contribution in [0.4, 0.5) is 0 Å². The second kappa shape index (κ2) is 5.31. The van der Waals surface area contributed by atoms with Crippen LogP contribution in [0.3, 0.4) is 0 Å². The summed E-state index contributed by atoms with van der Waals surface area (Å²) in [7, 11) is 0. The monoisotopic (exact) mass is 210 g/mol. The Kier molecular flexibility index (Phi) is 4.33. The normalized spacial score (nSPS) is 17.3. The van der Waals surface area contributed by atoms with Crippen molar-refractivity contribution < 1.29 is 4.79 Å². The molecule has 0 saturated heterocycles. The molecule has 1 fully saturated rings. The zero-order chi connectivity index (χ0) is 11.4. The predicted octanol–water partition coefficient (Wildman–Crippen LogP) is 1.54. The molecule has 0 bridgehead atoms. The van der Waals surface area contributed by atoms with Crippen LogP contribution < -0.4 is 5.73 Å². The van der Waals surface area contributed by atoms with Crippen molar-refractivity contribution in [1.82, 2.24) is 4.90 Å². The number of likely N-dealkylation sites (N-methyl/N-ethyl adjacent to an activating group) is 1. The average Bonchev–Trinajstić information content (AvgIpc) is 2.96. The van der Waals surface area contributed by atoms with Crippen molar-refractivity contribution in [2.24, 2.45) is 11.7 Å². The molecule has 1 aliphatic rings. The smallest absolute Gasteiger partial charge is 0.224 e. The summed E-state index contributed by atoms with van der Waals surface area (Å²) >= 11 is 0. The van der Waals surface area contributed by atoms with E-state index in [1.165, 1.54) is 12.8 Å². The molecule has 0 aliphatic heterocycles. The van der Waals surface area contributed by atoms with Crippen LogP contribution in [-0.4, -0.2) is 29.9 Å². The van der Waals surface area contributed by atoms with E-state index < -0.39 is 0 Å². The molecule has 1 rings (SSSR count). The number of hydrogen-bond acceptors (Lipinski definition) is 2. The molecule has 0 aromatic heterocycles. The molecule has 0 aromatic rings. The van der Waals surface area contributed by atoms with Crippen LogP contribution in [0.5, 0.6) is 0 Å². The fraction of sp³-hybridized carbons (Fsp3) is 0.750. The van der Waals surface area contributed by atoms with Gasteiger partial charge in [-0.05, 0) is 32.6 Å². The second-order valence-corrected chi connectivity index (χ2v) is 4.57. The topological polar surface area (TPSA) is 46.3 Å². The maximum atomic E-state index is 11.9. The first-order valence-corrected chi connectivity index (χ1v) is 5.72. The summed E-state index contributed by atoms with van der Waals surface area (Å²) in [5.74, 6) is 0.761. The van der Waals surface area contributed by atoms with Gasteiger partial charge in [-0.3, -0.25) is 4.79 Å². The van der Waals surface area contributed by atoms with Gasteiger partial charge in [-0.15, -0.1) is 0 Å². The van der Waals surface area contributed by atoms with Crippen LogP contribution in [0.1, 0.15) is 33.1 Å². The van der Waals surface area contributed by atoms with E-state index in [1.54, 1.807) is 0 Å². The first kappa shape index (κ1) is 12.2. The third-order valence-corrected chi connectivity index (χ3v) is 2.83. The summed E-state index contributed by atoms with van der Waals surface area (Å²) < 4.78 is 0. The zero-order valence-electron chi connectivity index (χ0n) is 9.83.